The molecule has 1 N–H and O–H groups in total. The molecule has 1 fully saturated rings. The Morgan fingerprint density at radius 3 is 2.65 bits per heavy atom. The van der Waals surface area contributed by atoms with Crippen LogP contribution in [-0.2, 0) is 14.8 Å². The van der Waals surface area contributed by atoms with Gasteiger partial charge in [0.25, 0.3) is 6.43 Å². The molecule has 1 rings (SSSR count). The van der Waals surface area contributed by atoms with Crippen molar-refractivity contribution in [2.24, 2.45) is 0 Å². The highest BCUT2D eigenvalue weighted by Crippen LogP contribution is 2.16. The van der Waals surface area contributed by atoms with Gasteiger partial charge in [0.05, 0.1) is 25.0 Å². The van der Waals surface area contributed by atoms with Gasteiger partial charge in [0.15, 0.2) is 0 Å². The smallest absolute Gasteiger partial charge is 0.252 e. The van der Waals surface area contributed by atoms with Crippen molar-refractivity contribution in [2.45, 2.75) is 25.4 Å². The molecule has 17 heavy (non-hydrogen) atoms. The zero-order valence-electron chi connectivity index (χ0n) is 9.39. The van der Waals surface area contributed by atoms with Gasteiger partial charge in [-0.25, -0.2) is 17.2 Å². The average Bonchev–Trinajstić information content (AvgIpc) is 2.68. The Hall–Kier alpha value is -0.310. The standard InChI is InChI=1S/C9H17F2NO4S/c10-9(11)6-12(3-4-13)17(14,15)7-8-2-1-5-16-8/h8-9,13H,1-7H2. The molecule has 0 aromatic carbocycles. The number of hydrogen-bond acceptors (Lipinski definition) is 4. The van der Waals surface area contributed by atoms with E-state index in [4.69, 9.17) is 9.84 Å². The van der Waals surface area contributed by atoms with Crippen LogP contribution in [0, 0.1) is 0 Å². The minimum absolute atomic E-state index is 0.292. The van der Waals surface area contributed by atoms with Crippen LogP contribution < -0.4 is 0 Å². The molecule has 0 amide bonds. The molecule has 0 bridgehead atoms. The summed E-state index contributed by atoms with van der Waals surface area (Å²) in [7, 11) is -3.79. The summed E-state index contributed by atoms with van der Waals surface area (Å²) >= 11 is 0. The molecule has 8 heteroatoms. The van der Waals surface area contributed by atoms with E-state index >= 15 is 0 Å². The van der Waals surface area contributed by atoms with Gasteiger partial charge in [-0.2, -0.15) is 4.31 Å². The molecule has 0 aliphatic carbocycles. The zero-order valence-corrected chi connectivity index (χ0v) is 10.2. The Morgan fingerprint density at radius 1 is 1.47 bits per heavy atom. The normalized spacial score (nSPS) is 21.6. The zero-order chi connectivity index (χ0) is 12.9. The molecule has 1 heterocycles. The highest BCUT2D eigenvalue weighted by atomic mass is 32.2. The molecule has 0 spiro atoms. The van der Waals surface area contributed by atoms with Crippen LogP contribution >= 0.6 is 0 Å². The van der Waals surface area contributed by atoms with E-state index in [1.165, 1.54) is 0 Å². The summed E-state index contributed by atoms with van der Waals surface area (Å²) in [6.07, 6.45) is -1.75. The molecule has 0 aromatic rings. The molecule has 1 aliphatic heterocycles. The lowest BCUT2D eigenvalue weighted by atomic mass is 10.3. The Bertz CT molecular complexity index is 317. The fourth-order valence-corrected chi connectivity index (χ4v) is 3.37. The molecular formula is C9H17F2NO4S. The summed E-state index contributed by atoms with van der Waals surface area (Å²) in [5.74, 6) is -0.292. The van der Waals surface area contributed by atoms with Crippen LogP contribution in [0.5, 0.6) is 0 Å². The van der Waals surface area contributed by atoms with E-state index in [9.17, 15) is 17.2 Å². The number of hydrogen-bond donors (Lipinski definition) is 1. The molecule has 5 nitrogen and oxygen atoms in total. The number of ether oxygens (including phenoxy) is 1. The van der Waals surface area contributed by atoms with Crippen molar-refractivity contribution in [3.63, 3.8) is 0 Å². The SMILES string of the molecule is O=S(=O)(CC1CCCO1)N(CCO)CC(F)F. The number of nitrogens with zero attached hydrogens (tertiary/aromatic N) is 1. The maximum atomic E-state index is 12.2. The van der Waals surface area contributed by atoms with Crippen LogP contribution in [-0.4, -0.2) is 62.4 Å². The average molecular weight is 273 g/mol. The van der Waals surface area contributed by atoms with Crippen molar-refractivity contribution in [3.05, 3.63) is 0 Å². The lowest BCUT2D eigenvalue weighted by Crippen LogP contribution is -2.41. The van der Waals surface area contributed by atoms with E-state index in [0.717, 1.165) is 6.42 Å². The van der Waals surface area contributed by atoms with E-state index in [1.54, 1.807) is 0 Å². The van der Waals surface area contributed by atoms with Crippen LogP contribution in [0.1, 0.15) is 12.8 Å². The third kappa shape index (κ3) is 4.82. The minimum Gasteiger partial charge on any atom is -0.395 e. The van der Waals surface area contributed by atoms with Gasteiger partial charge in [0.1, 0.15) is 0 Å². The monoisotopic (exact) mass is 273 g/mol. The molecule has 0 radical (unpaired) electrons. The lowest BCUT2D eigenvalue weighted by molar-refractivity contribution is 0.108. The third-order valence-electron chi connectivity index (χ3n) is 2.50. The van der Waals surface area contributed by atoms with Gasteiger partial charge in [-0.05, 0) is 12.8 Å². The first kappa shape index (κ1) is 14.7. The fraction of sp³-hybridized carbons (Fsp3) is 1.00. The Balaban J connectivity index is 2.62. The number of aliphatic hydroxyl groups excluding tert-OH is 1. The summed E-state index contributed by atoms with van der Waals surface area (Å²) in [5.41, 5.74) is 0. The highest BCUT2D eigenvalue weighted by Gasteiger charge is 2.29. The molecule has 0 saturated carbocycles. The number of aliphatic hydroxyl groups is 1. The first-order valence-corrected chi connectivity index (χ1v) is 7.05. The Kier molecular flexibility index (Phi) is 5.71. The molecule has 0 aromatic heterocycles. The third-order valence-corrected chi connectivity index (χ3v) is 4.42. The molecule has 102 valence electrons. The van der Waals surface area contributed by atoms with Crippen LogP contribution in [0.3, 0.4) is 0 Å². The second kappa shape index (κ2) is 6.58. The van der Waals surface area contributed by atoms with Gasteiger partial charge in [0.2, 0.25) is 10.0 Å². The predicted octanol–water partition coefficient (Wildman–Crippen LogP) is 0.0546. The van der Waals surface area contributed by atoms with E-state index < -0.39 is 35.7 Å². The predicted molar refractivity (Wildman–Crippen MR) is 57.4 cm³/mol. The Morgan fingerprint density at radius 2 is 2.18 bits per heavy atom. The maximum absolute atomic E-state index is 12.2. The second-order valence-electron chi connectivity index (χ2n) is 3.89. The van der Waals surface area contributed by atoms with Gasteiger partial charge in [-0.1, -0.05) is 0 Å². The largest absolute Gasteiger partial charge is 0.395 e. The van der Waals surface area contributed by atoms with E-state index in [0.29, 0.717) is 17.3 Å². The molecule has 1 atom stereocenters. The summed E-state index contributed by atoms with van der Waals surface area (Å²) < 4.78 is 53.9. The number of halogens is 2. The van der Waals surface area contributed by atoms with Crippen LogP contribution in [0.2, 0.25) is 0 Å². The van der Waals surface area contributed by atoms with Gasteiger partial charge in [0, 0.05) is 13.2 Å². The van der Waals surface area contributed by atoms with Crippen molar-refractivity contribution >= 4 is 10.0 Å². The van der Waals surface area contributed by atoms with E-state index in [-0.39, 0.29) is 12.3 Å². The molecule has 1 unspecified atom stereocenters. The van der Waals surface area contributed by atoms with Gasteiger partial charge in [-0.3, -0.25) is 0 Å². The van der Waals surface area contributed by atoms with Crippen molar-refractivity contribution < 1.29 is 27.0 Å². The highest BCUT2D eigenvalue weighted by molar-refractivity contribution is 7.89. The van der Waals surface area contributed by atoms with Crippen LogP contribution in [0.15, 0.2) is 0 Å². The summed E-state index contributed by atoms with van der Waals surface area (Å²) in [5, 5.41) is 8.69. The number of sulfonamides is 1. The van der Waals surface area contributed by atoms with Crippen molar-refractivity contribution in [2.75, 3.05) is 32.1 Å². The Labute approximate surface area is 99.4 Å². The molecule has 1 saturated heterocycles. The minimum atomic E-state index is -3.79. The fourth-order valence-electron chi connectivity index (χ4n) is 1.73. The topological polar surface area (TPSA) is 66.8 Å². The van der Waals surface area contributed by atoms with E-state index in [2.05, 4.69) is 0 Å². The first-order chi connectivity index (χ1) is 7.95. The second-order valence-corrected chi connectivity index (χ2v) is 5.90. The number of rotatable bonds is 7. The molecule has 1 aliphatic rings. The summed E-state index contributed by atoms with van der Waals surface area (Å²) in [4.78, 5) is 0. The van der Waals surface area contributed by atoms with Crippen LogP contribution in [0.25, 0.3) is 0 Å². The van der Waals surface area contributed by atoms with Crippen LogP contribution in [0.4, 0.5) is 8.78 Å². The quantitative estimate of drug-likeness (QED) is 0.712. The van der Waals surface area contributed by atoms with Crippen molar-refractivity contribution in [1.29, 1.82) is 0 Å². The van der Waals surface area contributed by atoms with Gasteiger partial charge >= 0.3 is 0 Å². The lowest BCUT2D eigenvalue weighted by Gasteiger charge is -2.22. The van der Waals surface area contributed by atoms with Crippen molar-refractivity contribution in [1.82, 2.24) is 4.31 Å². The number of alkyl halides is 2. The van der Waals surface area contributed by atoms with Crippen molar-refractivity contribution in [3.8, 4) is 0 Å². The van der Waals surface area contributed by atoms with Gasteiger partial charge < -0.3 is 9.84 Å². The summed E-state index contributed by atoms with van der Waals surface area (Å²) in [6.45, 7) is -1.15. The summed E-state index contributed by atoms with van der Waals surface area (Å²) in [6, 6.07) is 0. The van der Waals surface area contributed by atoms with Gasteiger partial charge in [-0.15, -0.1) is 0 Å². The van der Waals surface area contributed by atoms with E-state index in [1.807, 2.05) is 0 Å². The molecular weight excluding hydrogens is 256 g/mol. The maximum Gasteiger partial charge on any atom is 0.252 e. The first-order valence-electron chi connectivity index (χ1n) is 5.44.